The van der Waals surface area contributed by atoms with Gasteiger partial charge < -0.3 is 73.7 Å². The van der Waals surface area contributed by atoms with Gasteiger partial charge in [-0.05, 0) is 81.0 Å². The van der Waals surface area contributed by atoms with Crippen molar-refractivity contribution in [3.05, 3.63) is 102 Å². The van der Waals surface area contributed by atoms with Crippen LogP contribution in [0.5, 0.6) is 5.75 Å². The average molecular weight is 1090 g/mol. The summed E-state index contributed by atoms with van der Waals surface area (Å²) in [5.41, 5.74) is 8.59. The van der Waals surface area contributed by atoms with Crippen molar-refractivity contribution in [2.45, 2.75) is 120 Å². The molecule has 0 saturated carbocycles. The van der Waals surface area contributed by atoms with Gasteiger partial charge in [0.25, 0.3) is 0 Å². The molecule has 0 spiro atoms. The maximum atomic E-state index is 14.8. The number of rotatable bonds is 20. The molecule has 1 saturated heterocycles. The lowest BCUT2D eigenvalue weighted by Crippen LogP contribution is -2.62. The molecule has 0 radical (unpaired) electrons. The minimum atomic E-state index is -1.69. The predicted molar refractivity (Wildman–Crippen MR) is 288 cm³/mol. The number of para-hydroxylation sites is 1. The highest BCUT2D eigenvalue weighted by molar-refractivity contribution is 8.76. The number of carbonyl (C=O) groups is 8. The Morgan fingerprint density at radius 2 is 1.36 bits per heavy atom. The van der Waals surface area contributed by atoms with Crippen LogP contribution in [0, 0.1) is 0 Å². The predicted octanol–water partition coefficient (Wildman–Crippen LogP) is -0.531. The topological polar surface area (TPSA) is 356 Å². The summed E-state index contributed by atoms with van der Waals surface area (Å²) >= 11 is 0. The number of phenols is 1. The molecule has 1 aliphatic rings. The second-order valence-electron chi connectivity index (χ2n) is 18.5. The van der Waals surface area contributed by atoms with Gasteiger partial charge in [0.2, 0.25) is 47.3 Å². The van der Waals surface area contributed by atoms with Gasteiger partial charge in [-0.1, -0.05) is 82.3 Å². The molecule has 1 aliphatic heterocycles. The monoisotopic (exact) mass is 1090 g/mol. The second kappa shape index (κ2) is 30.8. The number of aliphatic hydroxyl groups excluding tert-OH is 3. The van der Waals surface area contributed by atoms with E-state index >= 15 is 0 Å². The fourth-order valence-electron chi connectivity index (χ4n) is 8.08. The van der Waals surface area contributed by atoms with Crippen LogP contribution in [0.2, 0.25) is 0 Å². The molecule has 4 aromatic rings. The van der Waals surface area contributed by atoms with Crippen molar-refractivity contribution < 1.29 is 58.8 Å². The number of carbonyl (C=O) groups excluding carboxylic acids is 8. The smallest absolute Gasteiger partial charge is 0.245 e. The van der Waals surface area contributed by atoms with Crippen LogP contribution >= 0.6 is 21.6 Å². The number of nitrogens with one attached hydrogen (secondary N) is 9. The number of nitrogens with two attached hydrogens (primary N) is 1. The number of fused-ring (bicyclic) bond motifs is 1. The van der Waals surface area contributed by atoms with Gasteiger partial charge in [-0.2, -0.15) is 0 Å². The minimum absolute atomic E-state index is 0.00470. The molecule has 0 bridgehead atoms. The summed E-state index contributed by atoms with van der Waals surface area (Å²) in [6, 6.07) is 12.7. The Morgan fingerprint density at radius 3 is 2.04 bits per heavy atom. The number of hydrogen-bond donors (Lipinski definition) is 14. The van der Waals surface area contributed by atoms with Crippen LogP contribution in [0.25, 0.3) is 10.9 Å². The number of aliphatic hydroxyl groups is 3. The van der Waals surface area contributed by atoms with E-state index in [0.29, 0.717) is 30.4 Å². The van der Waals surface area contributed by atoms with Crippen LogP contribution in [0.4, 0.5) is 0 Å². The van der Waals surface area contributed by atoms with Gasteiger partial charge in [-0.3, -0.25) is 38.4 Å². The normalized spacial score (nSPS) is 21.6. The Bertz CT molecular complexity index is 2570. The van der Waals surface area contributed by atoms with Gasteiger partial charge in [-0.15, -0.1) is 0 Å². The van der Waals surface area contributed by atoms with E-state index in [4.69, 9.17) is 5.73 Å². The average Bonchev–Trinajstić information content (AvgIpc) is 3.81. The molecule has 8 amide bonds. The first-order chi connectivity index (χ1) is 36.5. The summed E-state index contributed by atoms with van der Waals surface area (Å²) < 4.78 is 0. The van der Waals surface area contributed by atoms with Crippen molar-refractivity contribution >= 4 is 79.7 Å². The Morgan fingerprint density at radius 1 is 0.711 bits per heavy atom. The van der Waals surface area contributed by atoms with Crippen LogP contribution in [0.15, 0.2) is 85.1 Å². The molecule has 412 valence electrons. The number of aromatic amines is 1. The number of benzene rings is 3. The molecule has 24 heteroatoms. The molecule has 2 heterocycles. The van der Waals surface area contributed by atoms with Crippen molar-refractivity contribution in [3.8, 4) is 5.75 Å². The first-order valence-electron chi connectivity index (χ1n) is 25.1. The Kier molecular flexibility index (Phi) is 24.3. The van der Waals surface area contributed by atoms with Gasteiger partial charge in [0.15, 0.2) is 0 Å². The van der Waals surface area contributed by atoms with E-state index in [1.54, 1.807) is 24.4 Å². The van der Waals surface area contributed by atoms with E-state index in [0.717, 1.165) is 38.1 Å². The molecule has 15 N–H and O–H groups in total. The minimum Gasteiger partial charge on any atom is -0.508 e. The highest BCUT2D eigenvalue weighted by Gasteiger charge is 2.36. The van der Waals surface area contributed by atoms with Crippen LogP contribution in [0.1, 0.15) is 62.6 Å². The van der Waals surface area contributed by atoms with Crippen molar-refractivity contribution in [3.63, 3.8) is 0 Å². The number of H-pyrrole nitrogens is 1. The Balaban J connectivity index is 1.51. The summed E-state index contributed by atoms with van der Waals surface area (Å²) in [5.74, 6) is -6.66. The van der Waals surface area contributed by atoms with Crippen molar-refractivity contribution in [1.82, 2.24) is 47.5 Å². The van der Waals surface area contributed by atoms with E-state index < -0.39 is 102 Å². The first-order valence-corrected chi connectivity index (χ1v) is 27.6. The Hall–Kier alpha value is -6.70. The van der Waals surface area contributed by atoms with Gasteiger partial charge in [-0.25, -0.2) is 0 Å². The maximum absolute atomic E-state index is 14.8. The molecule has 22 nitrogen and oxygen atoms in total. The third kappa shape index (κ3) is 19.1. The van der Waals surface area contributed by atoms with Gasteiger partial charge in [0.1, 0.15) is 42.0 Å². The fraction of sp³-hybridized carbons (Fsp3) is 0.462. The van der Waals surface area contributed by atoms with Gasteiger partial charge >= 0.3 is 0 Å². The fourth-order valence-corrected chi connectivity index (χ4v) is 10.4. The molecule has 3 aromatic carbocycles. The zero-order chi connectivity index (χ0) is 55.1. The molecule has 76 heavy (non-hydrogen) atoms. The zero-order valence-corrected chi connectivity index (χ0v) is 44.1. The quantitative estimate of drug-likeness (QED) is 0.0391. The molecule has 1 fully saturated rings. The third-order valence-corrected chi connectivity index (χ3v) is 14.9. The first kappa shape index (κ1) is 60.2. The number of phenolic OH excluding ortho intramolecular Hbond substituents is 1. The Labute approximate surface area is 448 Å². The summed E-state index contributed by atoms with van der Waals surface area (Å²) in [5, 5.41) is 63.1. The molecule has 1 aromatic heterocycles. The van der Waals surface area contributed by atoms with E-state index in [2.05, 4.69) is 47.5 Å². The van der Waals surface area contributed by atoms with E-state index in [1.807, 2.05) is 48.5 Å². The lowest BCUT2D eigenvalue weighted by Gasteiger charge is -2.29. The van der Waals surface area contributed by atoms with Crippen LogP contribution in [0.3, 0.4) is 0 Å². The number of hydrogen-bond acceptors (Lipinski definition) is 15. The third-order valence-electron chi connectivity index (χ3n) is 12.5. The van der Waals surface area contributed by atoms with Gasteiger partial charge in [0, 0.05) is 60.8 Å². The van der Waals surface area contributed by atoms with Crippen LogP contribution in [-0.4, -0.2) is 158 Å². The summed E-state index contributed by atoms with van der Waals surface area (Å²) in [6.07, 6.45) is -0.208. The number of aromatic hydroxyl groups is 1. The second-order valence-corrected chi connectivity index (χ2v) is 21.1. The SMILES string of the molecule is CC(O)C(CO)NC(=O)C1CSSCC(NC(=O)CCNC(=O)CCc2ccccc2)C(=O)NC(Cc2ccc(O)cc2)C(=O)NC(Cc2c[nH]c3ccccc23)C(=O)NC(CCCCN)C(=O)NC(C(C)O)C(=O)N1. The van der Waals surface area contributed by atoms with Gasteiger partial charge in [0.05, 0.1) is 24.9 Å². The standard InChI is InChI=1S/C52H70N10O12S2/c1-30(64)41(27-63)60-51(73)43-29-76-75-28-42(56-45(68)21-23-54-44(67)20-17-32-10-4-3-5-11-32)50(72)58-39(24-33-15-18-35(66)19-16-33)48(70)59-40(25-34-26-55-37-13-7-6-12-36(34)37)49(71)57-38(14-8-9-22-53)47(69)62-46(31(2)65)52(74)61-43/h3-7,10-13,15-16,18-19,26,30-31,38-43,46,55,63-66H,8-9,14,17,20-25,27-29,53H2,1-2H3,(H,54,67)(H,56,68)(H,57,71)(H,58,72)(H,59,70)(H,60,73)(H,61,74)(H,62,69). The summed E-state index contributed by atoms with van der Waals surface area (Å²) in [7, 11) is 1.99. The highest BCUT2D eigenvalue weighted by Crippen LogP contribution is 2.24. The number of amides is 8. The van der Waals surface area contributed by atoms with E-state index in [1.165, 1.54) is 26.0 Å². The molecule has 9 atom stereocenters. The van der Waals surface area contributed by atoms with E-state index in [9.17, 15) is 58.8 Å². The largest absolute Gasteiger partial charge is 0.508 e. The molecular weight excluding hydrogens is 1020 g/mol. The van der Waals surface area contributed by atoms with Crippen LogP contribution in [-0.2, 0) is 57.6 Å². The summed E-state index contributed by atoms with van der Waals surface area (Å²) in [6.45, 7) is 2.08. The molecule has 5 rings (SSSR count). The zero-order valence-electron chi connectivity index (χ0n) is 42.4. The highest BCUT2D eigenvalue weighted by atomic mass is 33.1. The van der Waals surface area contributed by atoms with Crippen molar-refractivity contribution in [1.29, 1.82) is 0 Å². The maximum Gasteiger partial charge on any atom is 0.245 e. The summed E-state index contributed by atoms with van der Waals surface area (Å²) in [4.78, 5) is 115. The van der Waals surface area contributed by atoms with E-state index in [-0.39, 0.29) is 68.4 Å². The number of unbranched alkanes of at least 4 members (excludes halogenated alkanes) is 1. The molecular formula is C52H70N10O12S2. The molecule has 0 aliphatic carbocycles. The number of aryl methyl sites for hydroxylation is 1. The lowest BCUT2D eigenvalue weighted by atomic mass is 10.0. The number of aromatic nitrogens is 1. The van der Waals surface area contributed by atoms with Crippen molar-refractivity contribution in [2.75, 3.05) is 31.2 Å². The van der Waals surface area contributed by atoms with Crippen LogP contribution < -0.4 is 48.3 Å². The lowest BCUT2D eigenvalue weighted by molar-refractivity contribution is -0.136. The molecule has 9 unspecified atom stereocenters. The van der Waals surface area contributed by atoms with Crippen molar-refractivity contribution in [2.24, 2.45) is 5.73 Å².